The van der Waals surface area contributed by atoms with Gasteiger partial charge < -0.3 is 19.3 Å². The number of amides is 1. The molecule has 0 bridgehead atoms. The van der Waals surface area contributed by atoms with E-state index in [1.165, 1.54) is 0 Å². The Kier molecular flexibility index (Phi) is 5.24. The Morgan fingerprint density at radius 1 is 1.55 bits per heavy atom. The number of piperidine rings is 1. The van der Waals surface area contributed by atoms with Crippen LogP contribution in [0.5, 0.6) is 0 Å². The molecule has 1 aliphatic heterocycles. The fourth-order valence-corrected chi connectivity index (χ4v) is 2.74. The number of nitrogens with zero attached hydrogens (tertiary/aromatic N) is 3. The smallest absolute Gasteiger partial charge is 0.248 e. The van der Waals surface area contributed by atoms with Gasteiger partial charge in [-0.05, 0) is 33.6 Å². The van der Waals surface area contributed by atoms with Crippen LogP contribution in [0.15, 0.2) is 12.4 Å². The van der Waals surface area contributed by atoms with Crippen molar-refractivity contribution < 1.29 is 14.6 Å². The van der Waals surface area contributed by atoms with E-state index in [0.29, 0.717) is 12.4 Å². The number of hydrogen-bond donors (Lipinski definition) is 1. The SMILES string of the molecule is Cn1ccnc1C(O)C1CCCN(C(=O)COC(C)(C)C)C1. The molecule has 2 heterocycles. The quantitative estimate of drug-likeness (QED) is 0.915. The third-order valence-electron chi connectivity index (χ3n) is 4.01. The van der Waals surface area contributed by atoms with E-state index < -0.39 is 6.10 Å². The molecule has 6 heteroatoms. The minimum atomic E-state index is -0.640. The molecule has 1 aromatic rings. The standard InChI is InChI=1S/C16H27N3O3/c1-16(2,3)22-11-13(20)19-8-5-6-12(10-19)14(21)15-17-7-9-18(15)4/h7,9,12,14,21H,5-6,8,10-11H2,1-4H3. The highest BCUT2D eigenvalue weighted by molar-refractivity contribution is 5.77. The molecule has 2 atom stereocenters. The molecule has 0 aromatic carbocycles. The van der Waals surface area contributed by atoms with Crippen molar-refractivity contribution in [3.8, 4) is 0 Å². The molecule has 1 amide bonds. The van der Waals surface area contributed by atoms with E-state index in [1.54, 1.807) is 11.1 Å². The van der Waals surface area contributed by atoms with Gasteiger partial charge in [0.2, 0.25) is 5.91 Å². The highest BCUT2D eigenvalue weighted by Gasteiger charge is 2.31. The number of rotatable bonds is 4. The van der Waals surface area contributed by atoms with Gasteiger partial charge in [0.05, 0.1) is 5.60 Å². The van der Waals surface area contributed by atoms with Crippen LogP contribution in [0.3, 0.4) is 0 Å². The second-order valence-electron chi connectivity index (χ2n) is 6.98. The van der Waals surface area contributed by atoms with Crippen LogP contribution in [-0.2, 0) is 16.6 Å². The summed E-state index contributed by atoms with van der Waals surface area (Å²) >= 11 is 0. The first-order valence-corrected chi connectivity index (χ1v) is 7.85. The fourth-order valence-electron chi connectivity index (χ4n) is 2.74. The molecule has 2 unspecified atom stereocenters. The number of aryl methyl sites for hydroxylation is 1. The van der Waals surface area contributed by atoms with Crippen molar-refractivity contribution >= 4 is 5.91 Å². The zero-order valence-electron chi connectivity index (χ0n) is 14.0. The molecule has 0 radical (unpaired) electrons. The predicted octanol–water partition coefficient (Wildman–Crippen LogP) is 1.51. The fraction of sp³-hybridized carbons (Fsp3) is 0.750. The lowest BCUT2D eigenvalue weighted by molar-refractivity contribution is -0.143. The van der Waals surface area contributed by atoms with Gasteiger partial charge >= 0.3 is 0 Å². The first-order chi connectivity index (χ1) is 10.3. The summed E-state index contributed by atoms with van der Waals surface area (Å²) in [6.45, 7) is 7.18. The molecule has 1 N–H and O–H groups in total. The Bertz CT molecular complexity index is 507. The molecule has 2 rings (SSSR count). The van der Waals surface area contributed by atoms with Crippen molar-refractivity contribution in [1.82, 2.24) is 14.5 Å². The lowest BCUT2D eigenvalue weighted by Gasteiger charge is -2.35. The van der Waals surface area contributed by atoms with E-state index in [0.717, 1.165) is 19.4 Å². The van der Waals surface area contributed by atoms with Crippen LogP contribution < -0.4 is 0 Å². The second kappa shape index (κ2) is 6.79. The number of imidazole rings is 1. The summed E-state index contributed by atoms with van der Waals surface area (Å²) in [5.41, 5.74) is -0.322. The molecule has 0 aliphatic carbocycles. The lowest BCUT2D eigenvalue weighted by atomic mass is 9.92. The Hall–Kier alpha value is -1.40. The molecule has 0 saturated carbocycles. The summed E-state index contributed by atoms with van der Waals surface area (Å²) in [5.74, 6) is 0.672. The molecule has 22 heavy (non-hydrogen) atoms. The molecular formula is C16H27N3O3. The van der Waals surface area contributed by atoms with Crippen molar-refractivity contribution in [2.75, 3.05) is 19.7 Å². The van der Waals surface area contributed by atoms with Gasteiger partial charge in [0.25, 0.3) is 0 Å². The number of carbonyl (C=O) groups is 1. The number of ether oxygens (including phenoxy) is 1. The van der Waals surface area contributed by atoms with Crippen LogP contribution in [0.25, 0.3) is 0 Å². The highest BCUT2D eigenvalue weighted by atomic mass is 16.5. The maximum atomic E-state index is 12.3. The normalized spacial score (nSPS) is 21.0. The van der Waals surface area contributed by atoms with Crippen molar-refractivity contribution in [3.63, 3.8) is 0 Å². The number of aliphatic hydroxyl groups excluding tert-OH is 1. The summed E-state index contributed by atoms with van der Waals surface area (Å²) in [5, 5.41) is 10.5. The van der Waals surface area contributed by atoms with Crippen LogP contribution in [0.1, 0.15) is 45.5 Å². The van der Waals surface area contributed by atoms with Crippen LogP contribution in [0.4, 0.5) is 0 Å². The van der Waals surface area contributed by atoms with Gasteiger partial charge in [-0.1, -0.05) is 0 Å². The van der Waals surface area contributed by atoms with E-state index in [9.17, 15) is 9.90 Å². The Morgan fingerprint density at radius 2 is 2.27 bits per heavy atom. The van der Waals surface area contributed by atoms with Crippen LogP contribution in [-0.4, -0.2) is 50.8 Å². The number of carbonyl (C=O) groups excluding carboxylic acids is 1. The zero-order valence-corrected chi connectivity index (χ0v) is 14.0. The number of aromatic nitrogens is 2. The molecule has 1 aliphatic rings. The molecule has 124 valence electrons. The number of hydrogen-bond acceptors (Lipinski definition) is 4. The van der Waals surface area contributed by atoms with E-state index in [4.69, 9.17) is 4.74 Å². The van der Waals surface area contributed by atoms with Gasteiger partial charge in [0, 0.05) is 38.4 Å². The average Bonchev–Trinajstić information content (AvgIpc) is 2.89. The zero-order chi connectivity index (χ0) is 16.3. The Labute approximate surface area is 132 Å². The summed E-state index contributed by atoms with van der Waals surface area (Å²) in [6, 6.07) is 0. The monoisotopic (exact) mass is 309 g/mol. The lowest BCUT2D eigenvalue weighted by Crippen LogP contribution is -2.44. The van der Waals surface area contributed by atoms with Crippen LogP contribution in [0, 0.1) is 5.92 Å². The highest BCUT2D eigenvalue weighted by Crippen LogP contribution is 2.28. The van der Waals surface area contributed by atoms with Gasteiger partial charge in [-0.25, -0.2) is 4.98 Å². The summed E-state index contributed by atoms with van der Waals surface area (Å²) in [7, 11) is 1.87. The third kappa shape index (κ3) is 4.30. The van der Waals surface area contributed by atoms with E-state index in [2.05, 4.69) is 4.98 Å². The Morgan fingerprint density at radius 3 is 2.86 bits per heavy atom. The first kappa shape index (κ1) is 17.0. The maximum absolute atomic E-state index is 12.3. The molecular weight excluding hydrogens is 282 g/mol. The summed E-state index contributed by atoms with van der Waals surface area (Å²) in [4.78, 5) is 18.3. The predicted molar refractivity (Wildman–Crippen MR) is 83.2 cm³/mol. The Balaban J connectivity index is 1.94. The average molecular weight is 309 g/mol. The van der Waals surface area contributed by atoms with Crippen molar-refractivity contribution in [2.24, 2.45) is 13.0 Å². The first-order valence-electron chi connectivity index (χ1n) is 7.85. The molecule has 1 aromatic heterocycles. The van der Waals surface area contributed by atoms with Gasteiger partial charge in [0.15, 0.2) is 0 Å². The van der Waals surface area contributed by atoms with Gasteiger partial charge in [0.1, 0.15) is 18.5 Å². The van der Waals surface area contributed by atoms with E-state index in [-0.39, 0.29) is 24.0 Å². The van der Waals surface area contributed by atoms with E-state index in [1.807, 2.05) is 38.6 Å². The molecule has 1 saturated heterocycles. The summed E-state index contributed by atoms with van der Waals surface area (Å²) < 4.78 is 7.39. The largest absolute Gasteiger partial charge is 0.385 e. The minimum absolute atomic E-state index is 0.00772. The second-order valence-corrected chi connectivity index (χ2v) is 6.98. The third-order valence-corrected chi connectivity index (χ3v) is 4.01. The minimum Gasteiger partial charge on any atom is -0.385 e. The van der Waals surface area contributed by atoms with Gasteiger partial charge in [-0.3, -0.25) is 4.79 Å². The van der Waals surface area contributed by atoms with Gasteiger partial charge in [-0.15, -0.1) is 0 Å². The topological polar surface area (TPSA) is 67.6 Å². The van der Waals surface area contributed by atoms with Crippen LogP contribution >= 0.6 is 0 Å². The molecule has 0 spiro atoms. The van der Waals surface area contributed by atoms with Crippen molar-refractivity contribution in [2.45, 2.75) is 45.3 Å². The number of likely N-dealkylation sites (tertiary alicyclic amines) is 1. The van der Waals surface area contributed by atoms with Gasteiger partial charge in [-0.2, -0.15) is 0 Å². The van der Waals surface area contributed by atoms with E-state index >= 15 is 0 Å². The van der Waals surface area contributed by atoms with Crippen molar-refractivity contribution in [3.05, 3.63) is 18.2 Å². The van der Waals surface area contributed by atoms with Crippen LogP contribution in [0.2, 0.25) is 0 Å². The molecule has 1 fully saturated rings. The summed E-state index contributed by atoms with van der Waals surface area (Å²) in [6.07, 6.45) is 4.66. The van der Waals surface area contributed by atoms with Crippen molar-refractivity contribution in [1.29, 1.82) is 0 Å². The molecule has 6 nitrogen and oxygen atoms in total. The number of aliphatic hydroxyl groups is 1. The maximum Gasteiger partial charge on any atom is 0.248 e.